The SMILES string of the molecule is COc1nc(-c2ccnc(-c3cccc(NC(=O)c4nc5c(n4C)CCN(CC4COC4)C5)c3Cl)c2Cl)ccc1CNCC1CCC(=O)N1. The molecule has 4 aromatic rings. The van der Waals surface area contributed by atoms with Crippen molar-refractivity contribution < 1.29 is 19.1 Å². The normalized spacial score (nSPS) is 17.8. The van der Waals surface area contributed by atoms with Crippen molar-refractivity contribution in [3.8, 4) is 28.4 Å². The first-order valence-corrected chi connectivity index (χ1v) is 17.2. The van der Waals surface area contributed by atoms with E-state index in [-0.39, 0.29) is 17.9 Å². The summed E-state index contributed by atoms with van der Waals surface area (Å²) in [4.78, 5) is 41.5. The summed E-state index contributed by atoms with van der Waals surface area (Å²) in [7, 11) is 3.46. The zero-order chi connectivity index (χ0) is 34.1. The Bertz CT molecular complexity index is 1900. The third-order valence-corrected chi connectivity index (χ3v) is 10.1. The number of anilines is 1. The molecule has 2 amide bonds. The molecule has 3 aliphatic heterocycles. The number of hydrogen-bond acceptors (Lipinski definition) is 9. The lowest BCUT2D eigenvalue weighted by molar-refractivity contribution is -0.119. The minimum atomic E-state index is -0.346. The topological polar surface area (TPSA) is 136 Å². The van der Waals surface area contributed by atoms with E-state index in [1.165, 1.54) is 0 Å². The van der Waals surface area contributed by atoms with Crippen molar-refractivity contribution >= 4 is 40.7 Å². The third kappa shape index (κ3) is 7.01. The van der Waals surface area contributed by atoms with Gasteiger partial charge in [0.15, 0.2) is 5.82 Å². The lowest BCUT2D eigenvalue weighted by atomic mass is 10.1. The van der Waals surface area contributed by atoms with E-state index in [4.69, 9.17) is 42.6 Å². The fourth-order valence-corrected chi connectivity index (χ4v) is 7.23. The van der Waals surface area contributed by atoms with Gasteiger partial charge in [-0.2, -0.15) is 0 Å². The average Bonchev–Trinajstić information content (AvgIpc) is 3.65. The van der Waals surface area contributed by atoms with Crippen molar-refractivity contribution in [2.75, 3.05) is 45.3 Å². The molecule has 3 aromatic heterocycles. The van der Waals surface area contributed by atoms with Crippen LogP contribution in [-0.4, -0.2) is 82.2 Å². The molecular formula is C35H38Cl2N8O4. The zero-order valence-corrected chi connectivity index (χ0v) is 28.9. The molecule has 3 aliphatic rings. The largest absolute Gasteiger partial charge is 0.481 e. The second-order valence-electron chi connectivity index (χ2n) is 12.7. The molecule has 14 heteroatoms. The van der Waals surface area contributed by atoms with E-state index in [2.05, 4.69) is 25.8 Å². The summed E-state index contributed by atoms with van der Waals surface area (Å²) in [5, 5.41) is 9.97. The molecular weight excluding hydrogens is 667 g/mol. The number of aromatic nitrogens is 4. The standard InChI is InChI=1S/C35H38Cl2N8O4/c1-44-28-11-13-45(16-20-18-49-19-20)17-27(28)41-33(44)34(47)42-26-5-3-4-24(30(26)36)32-31(37)23(10-12-39-32)25-8-6-21(35(43-25)48-2)14-38-15-22-7-9-29(46)40-22/h3-6,8,10,12,20,22,38H,7,9,11,13-19H2,1-2H3,(H,40,46)(H,42,47). The number of rotatable bonds is 11. The van der Waals surface area contributed by atoms with E-state index in [1.54, 1.807) is 31.5 Å². The summed E-state index contributed by atoms with van der Waals surface area (Å²) < 4.78 is 12.8. The van der Waals surface area contributed by atoms with E-state index in [0.29, 0.717) is 81.9 Å². The van der Waals surface area contributed by atoms with Gasteiger partial charge in [-0.1, -0.05) is 41.4 Å². The van der Waals surface area contributed by atoms with Crippen molar-refractivity contribution in [3.63, 3.8) is 0 Å². The molecule has 7 rings (SSSR count). The third-order valence-electron chi connectivity index (χ3n) is 9.35. The highest BCUT2D eigenvalue weighted by Gasteiger charge is 2.29. The first-order chi connectivity index (χ1) is 23.8. The van der Waals surface area contributed by atoms with Gasteiger partial charge in [-0.05, 0) is 24.6 Å². The van der Waals surface area contributed by atoms with E-state index in [0.717, 1.165) is 56.1 Å². The first-order valence-electron chi connectivity index (χ1n) is 16.4. The molecule has 1 atom stereocenters. The Labute approximate surface area is 294 Å². The van der Waals surface area contributed by atoms with Crippen LogP contribution in [0, 0.1) is 5.92 Å². The summed E-state index contributed by atoms with van der Waals surface area (Å²) in [5.41, 5.74) is 5.59. The van der Waals surface area contributed by atoms with Crippen LogP contribution in [0.2, 0.25) is 10.0 Å². The highest BCUT2D eigenvalue weighted by Crippen LogP contribution is 2.40. The summed E-state index contributed by atoms with van der Waals surface area (Å²) in [6.45, 7) is 5.43. The molecule has 6 heterocycles. The Morgan fingerprint density at radius 2 is 1.96 bits per heavy atom. The van der Waals surface area contributed by atoms with Gasteiger partial charge in [0, 0.05) is 93.2 Å². The number of benzene rings is 1. The maximum absolute atomic E-state index is 13.5. The molecule has 2 saturated heterocycles. The van der Waals surface area contributed by atoms with Crippen LogP contribution < -0.4 is 20.7 Å². The smallest absolute Gasteiger partial charge is 0.291 e. The lowest BCUT2D eigenvalue weighted by Gasteiger charge is -2.34. The molecule has 12 nitrogen and oxygen atoms in total. The first kappa shape index (κ1) is 33.4. The Morgan fingerprint density at radius 1 is 1.10 bits per heavy atom. The summed E-state index contributed by atoms with van der Waals surface area (Å²) >= 11 is 13.9. The summed E-state index contributed by atoms with van der Waals surface area (Å²) in [6, 6.07) is 11.1. The van der Waals surface area contributed by atoms with Gasteiger partial charge in [0.2, 0.25) is 11.8 Å². The zero-order valence-electron chi connectivity index (χ0n) is 27.4. The number of fused-ring (bicyclic) bond motifs is 1. The molecule has 0 radical (unpaired) electrons. The van der Waals surface area contributed by atoms with Gasteiger partial charge in [0.1, 0.15) is 0 Å². The molecule has 256 valence electrons. The average molecular weight is 706 g/mol. The number of nitrogens with zero attached hydrogens (tertiary/aromatic N) is 5. The maximum atomic E-state index is 13.5. The van der Waals surface area contributed by atoms with Crippen LogP contribution in [0.25, 0.3) is 22.5 Å². The van der Waals surface area contributed by atoms with E-state index in [9.17, 15) is 9.59 Å². The molecule has 3 N–H and O–H groups in total. The highest BCUT2D eigenvalue weighted by atomic mass is 35.5. The number of pyridine rings is 2. The Kier molecular flexibility index (Phi) is 9.84. The van der Waals surface area contributed by atoms with Crippen molar-refractivity contribution in [1.29, 1.82) is 0 Å². The molecule has 1 aromatic carbocycles. The number of nitrogens with one attached hydrogen (secondary N) is 3. The van der Waals surface area contributed by atoms with Crippen LogP contribution in [0.15, 0.2) is 42.6 Å². The fraction of sp³-hybridized carbons (Fsp3) is 0.400. The van der Waals surface area contributed by atoms with Gasteiger partial charge in [0.25, 0.3) is 5.91 Å². The molecule has 0 spiro atoms. The van der Waals surface area contributed by atoms with E-state index in [1.807, 2.05) is 29.8 Å². The van der Waals surface area contributed by atoms with Gasteiger partial charge >= 0.3 is 0 Å². The second kappa shape index (κ2) is 14.4. The number of imidazole rings is 1. The van der Waals surface area contributed by atoms with Gasteiger partial charge in [-0.3, -0.25) is 19.5 Å². The molecule has 0 bridgehead atoms. The number of methoxy groups -OCH3 is 1. The van der Waals surface area contributed by atoms with Gasteiger partial charge in [0.05, 0.1) is 53.1 Å². The summed E-state index contributed by atoms with van der Waals surface area (Å²) in [6.07, 6.45) is 3.87. The number of halogens is 2. The number of hydrogen-bond donors (Lipinski definition) is 3. The summed E-state index contributed by atoms with van der Waals surface area (Å²) in [5.74, 6) is 1.11. The van der Waals surface area contributed by atoms with Crippen LogP contribution >= 0.6 is 23.2 Å². The van der Waals surface area contributed by atoms with Crippen LogP contribution in [0.3, 0.4) is 0 Å². The molecule has 49 heavy (non-hydrogen) atoms. The van der Waals surface area contributed by atoms with Crippen LogP contribution in [0.1, 0.15) is 40.4 Å². The van der Waals surface area contributed by atoms with Crippen molar-refractivity contribution in [1.82, 2.24) is 35.1 Å². The van der Waals surface area contributed by atoms with Gasteiger partial charge in [-0.15, -0.1) is 0 Å². The number of carbonyl (C=O) groups excluding carboxylic acids is 2. The van der Waals surface area contributed by atoms with Crippen LogP contribution in [0.5, 0.6) is 5.88 Å². The van der Waals surface area contributed by atoms with E-state index >= 15 is 0 Å². The minimum Gasteiger partial charge on any atom is -0.481 e. The van der Waals surface area contributed by atoms with Crippen molar-refractivity contribution in [2.45, 2.75) is 38.4 Å². The number of ether oxygens (including phenoxy) is 2. The Balaban J connectivity index is 1.07. The number of amides is 2. The van der Waals surface area contributed by atoms with E-state index < -0.39 is 0 Å². The predicted octanol–water partition coefficient (Wildman–Crippen LogP) is 4.48. The van der Waals surface area contributed by atoms with Crippen LogP contribution in [-0.2, 0) is 36.1 Å². The maximum Gasteiger partial charge on any atom is 0.291 e. The quantitative estimate of drug-likeness (QED) is 0.207. The molecule has 1 unspecified atom stereocenters. The second-order valence-corrected chi connectivity index (χ2v) is 13.5. The number of carbonyl (C=O) groups is 2. The van der Waals surface area contributed by atoms with Crippen molar-refractivity contribution in [3.05, 3.63) is 75.4 Å². The molecule has 0 aliphatic carbocycles. The van der Waals surface area contributed by atoms with Crippen molar-refractivity contribution in [2.24, 2.45) is 13.0 Å². The fourth-order valence-electron chi connectivity index (χ4n) is 6.66. The highest BCUT2D eigenvalue weighted by molar-refractivity contribution is 6.39. The van der Waals surface area contributed by atoms with Gasteiger partial charge < -0.3 is 30.0 Å². The Morgan fingerprint density at radius 3 is 2.71 bits per heavy atom. The Hall–Kier alpha value is -4.07. The predicted molar refractivity (Wildman–Crippen MR) is 187 cm³/mol. The van der Waals surface area contributed by atoms with Gasteiger partial charge in [-0.25, -0.2) is 9.97 Å². The lowest BCUT2D eigenvalue weighted by Crippen LogP contribution is -2.41. The molecule has 0 saturated carbocycles. The van der Waals surface area contributed by atoms with Crippen LogP contribution in [0.4, 0.5) is 5.69 Å². The minimum absolute atomic E-state index is 0.0897. The monoisotopic (exact) mass is 704 g/mol. The molecule has 2 fully saturated rings.